The zero-order chi connectivity index (χ0) is 13.4. The average Bonchev–Trinajstić information content (AvgIpc) is 2.75. The van der Waals surface area contributed by atoms with E-state index in [1.165, 1.54) is 11.8 Å². The Hall–Kier alpha value is -1.00. The molecule has 1 aliphatic carbocycles. The van der Waals surface area contributed by atoms with Crippen LogP contribution in [0.3, 0.4) is 0 Å². The van der Waals surface area contributed by atoms with Crippen molar-refractivity contribution in [1.29, 1.82) is 0 Å². The fourth-order valence-corrected chi connectivity index (χ4v) is 3.71. The number of benzene rings is 1. The van der Waals surface area contributed by atoms with Gasteiger partial charge < -0.3 is 4.42 Å². The van der Waals surface area contributed by atoms with Crippen LogP contribution in [0.15, 0.2) is 21.8 Å². The van der Waals surface area contributed by atoms with Crippen LogP contribution < -0.4 is 0 Å². The number of thioether (sulfide) groups is 1. The van der Waals surface area contributed by atoms with E-state index in [0.717, 1.165) is 35.9 Å². The molecule has 1 aliphatic rings. The van der Waals surface area contributed by atoms with E-state index in [4.69, 9.17) is 16.0 Å². The van der Waals surface area contributed by atoms with Crippen LogP contribution in [0.25, 0.3) is 11.1 Å². The number of carbonyl (C=O) groups excluding carboxylic acids is 1. The number of ketones is 1. The number of aromatic nitrogens is 1. The minimum Gasteiger partial charge on any atom is -0.431 e. The highest BCUT2D eigenvalue weighted by atomic mass is 35.5. The fourth-order valence-electron chi connectivity index (χ4n) is 2.38. The minimum absolute atomic E-state index is 0.00223. The first-order valence-corrected chi connectivity index (χ1v) is 7.65. The Kier molecular flexibility index (Phi) is 3.54. The molecular formula is C14H14ClNO2S. The summed E-state index contributed by atoms with van der Waals surface area (Å²) in [6.07, 6.45) is 3.72. The van der Waals surface area contributed by atoms with Crippen molar-refractivity contribution in [2.75, 3.05) is 0 Å². The van der Waals surface area contributed by atoms with Gasteiger partial charge in [0.1, 0.15) is 11.3 Å². The van der Waals surface area contributed by atoms with E-state index < -0.39 is 0 Å². The summed E-state index contributed by atoms with van der Waals surface area (Å²) in [6, 6.07) is 3.65. The number of aryl methyl sites for hydroxylation is 1. The van der Waals surface area contributed by atoms with Gasteiger partial charge in [0.2, 0.25) is 0 Å². The second-order valence-electron chi connectivity index (χ2n) is 4.87. The lowest BCUT2D eigenvalue weighted by molar-refractivity contribution is -0.119. The molecule has 100 valence electrons. The number of fused-ring (bicyclic) bond motifs is 1. The molecule has 2 aromatic rings. The van der Waals surface area contributed by atoms with Crippen LogP contribution in [0, 0.1) is 6.92 Å². The second-order valence-corrected chi connectivity index (χ2v) is 6.46. The van der Waals surface area contributed by atoms with Crippen LogP contribution in [0.4, 0.5) is 0 Å². The molecule has 1 atom stereocenters. The molecule has 1 aromatic carbocycles. The third-order valence-corrected chi connectivity index (χ3v) is 4.74. The summed E-state index contributed by atoms with van der Waals surface area (Å²) in [5.41, 5.74) is 2.49. The summed E-state index contributed by atoms with van der Waals surface area (Å²) in [7, 11) is 0. The van der Waals surface area contributed by atoms with Crippen molar-refractivity contribution in [2.45, 2.75) is 43.1 Å². The quantitative estimate of drug-likeness (QED) is 0.824. The lowest BCUT2D eigenvalue weighted by Crippen LogP contribution is -2.21. The van der Waals surface area contributed by atoms with Crippen molar-refractivity contribution in [3.8, 4) is 0 Å². The topological polar surface area (TPSA) is 43.1 Å². The molecule has 1 fully saturated rings. The van der Waals surface area contributed by atoms with Crippen molar-refractivity contribution >= 4 is 40.2 Å². The van der Waals surface area contributed by atoms with Gasteiger partial charge in [-0.25, -0.2) is 4.98 Å². The molecule has 0 bridgehead atoms. The monoisotopic (exact) mass is 295 g/mol. The van der Waals surface area contributed by atoms with Gasteiger partial charge in [0.25, 0.3) is 5.22 Å². The normalized spacial score (nSPS) is 20.1. The Bertz CT molecular complexity index is 638. The van der Waals surface area contributed by atoms with E-state index in [2.05, 4.69) is 4.98 Å². The van der Waals surface area contributed by atoms with Crippen LogP contribution in [-0.2, 0) is 4.79 Å². The first-order valence-electron chi connectivity index (χ1n) is 6.39. The summed E-state index contributed by atoms with van der Waals surface area (Å²) in [6.45, 7) is 1.94. The number of hydrogen-bond acceptors (Lipinski definition) is 4. The predicted octanol–water partition coefficient (Wildman–Crippen LogP) is 4.39. The molecule has 3 rings (SSSR count). The molecule has 0 aliphatic heterocycles. The van der Waals surface area contributed by atoms with Crippen LogP contribution in [0.1, 0.15) is 31.2 Å². The number of hydrogen-bond donors (Lipinski definition) is 0. The van der Waals surface area contributed by atoms with Gasteiger partial charge in [-0.15, -0.1) is 0 Å². The molecule has 0 unspecified atom stereocenters. The largest absolute Gasteiger partial charge is 0.431 e. The van der Waals surface area contributed by atoms with Crippen molar-refractivity contribution in [1.82, 2.24) is 4.98 Å². The lowest BCUT2D eigenvalue weighted by atomic mass is 9.99. The summed E-state index contributed by atoms with van der Waals surface area (Å²) >= 11 is 7.45. The van der Waals surface area contributed by atoms with Crippen LogP contribution in [0.5, 0.6) is 0 Å². The molecular weight excluding hydrogens is 282 g/mol. The number of oxazole rings is 1. The van der Waals surface area contributed by atoms with Gasteiger partial charge >= 0.3 is 0 Å². The zero-order valence-corrected chi connectivity index (χ0v) is 12.2. The molecule has 1 heterocycles. The van der Waals surface area contributed by atoms with E-state index in [9.17, 15) is 4.79 Å². The molecule has 1 saturated carbocycles. The number of halogens is 1. The van der Waals surface area contributed by atoms with Gasteiger partial charge in [-0.2, -0.15) is 0 Å². The Morgan fingerprint density at radius 3 is 3.05 bits per heavy atom. The van der Waals surface area contributed by atoms with E-state index in [1.54, 1.807) is 6.07 Å². The summed E-state index contributed by atoms with van der Waals surface area (Å²) < 4.78 is 5.75. The molecule has 0 saturated heterocycles. The molecule has 0 amide bonds. The molecule has 0 N–H and O–H groups in total. The van der Waals surface area contributed by atoms with Crippen LogP contribution in [-0.4, -0.2) is 16.0 Å². The van der Waals surface area contributed by atoms with Gasteiger partial charge in [-0.1, -0.05) is 29.8 Å². The van der Waals surface area contributed by atoms with Gasteiger partial charge in [0.15, 0.2) is 5.58 Å². The fraction of sp³-hybridized carbons (Fsp3) is 0.429. The SMILES string of the molecule is Cc1cc(Cl)cc2nc(S[C@H]3CCCCC3=O)oc12. The van der Waals surface area contributed by atoms with Gasteiger partial charge in [0.05, 0.1) is 5.25 Å². The highest BCUT2D eigenvalue weighted by Crippen LogP contribution is 2.34. The predicted molar refractivity (Wildman–Crippen MR) is 76.9 cm³/mol. The van der Waals surface area contributed by atoms with Gasteiger partial charge in [-0.3, -0.25) is 4.79 Å². The zero-order valence-electron chi connectivity index (χ0n) is 10.6. The standard InChI is InChI=1S/C14H14ClNO2S/c1-8-6-9(15)7-10-13(8)18-14(16-10)19-12-5-3-2-4-11(12)17/h6-7,12H,2-5H2,1H3/t12-/m0/s1. The van der Waals surface area contributed by atoms with Gasteiger partial charge in [-0.05, 0) is 37.5 Å². The van der Waals surface area contributed by atoms with Crippen molar-refractivity contribution in [3.05, 3.63) is 22.7 Å². The maximum absolute atomic E-state index is 11.8. The number of Topliss-reactive ketones (excluding diaryl/α,β-unsaturated/α-hetero) is 1. The number of rotatable bonds is 2. The number of nitrogens with zero attached hydrogens (tertiary/aromatic N) is 1. The summed E-state index contributed by atoms with van der Waals surface area (Å²) in [5.74, 6) is 0.313. The Balaban J connectivity index is 1.89. The molecule has 0 spiro atoms. The summed E-state index contributed by atoms with van der Waals surface area (Å²) in [4.78, 5) is 16.2. The summed E-state index contributed by atoms with van der Waals surface area (Å²) in [5, 5.41) is 1.22. The van der Waals surface area contributed by atoms with Gasteiger partial charge in [0, 0.05) is 11.4 Å². The lowest BCUT2D eigenvalue weighted by Gasteiger charge is -2.17. The van der Waals surface area contributed by atoms with Crippen molar-refractivity contribution in [2.24, 2.45) is 0 Å². The van der Waals surface area contributed by atoms with E-state index >= 15 is 0 Å². The van der Waals surface area contributed by atoms with Crippen molar-refractivity contribution in [3.63, 3.8) is 0 Å². The highest BCUT2D eigenvalue weighted by Gasteiger charge is 2.25. The first kappa shape index (κ1) is 13.0. The minimum atomic E-state index is -0.00223. The molecule has 0 radical (unpaired) electrons. The Morgan fingerprint density at radius 2 is 2.26 bits per heavy atom. The van der Waals surface area contributed by atoms with Crippen LogP contribution in [0.2, 0.25) is 5.02 Å². The smallest absolute Gasteiger partial charge is 0.257 e. The highest BCUT2D eigenvalue weighted by molar-refractivity contribution is 8.00. The first-order chi connectivity index (χ1) is 9.13. The molecule has 5 heteroatoms. The Morgan fingerprint density at radius 1 is 1.42 bits per heavy atom. The van der Waals surface area contributed by atoms with Crippen LogP contribution >= 0.6 is 23.4 Å². The molecule has 19 heavy (non-hydrogen) atoms. The third-order valence-electron chi connectivity index (χ3n) is 3.36. The van der Waals surface area contributed by atoms with E-state index in [0.29, 0.717) is 22.4 Å². The number of carbonyl (C=O) groups is 1. The van der Waals surface area contributed by atoms with E-state index in [-0.39, 0.29) is 5.25 Å². The van der Waals surface area contributed by atoms with E-state index in [1.807, 2.05) is 13.0 Å². The average molecular weight is 296 g/mol. The maximum Gasteiger partial charge on any atom is 0.257 e. The molecule has 1 aromatic heterocycles. The maximum atomic E-state index is 11.8. The third kappa shape index (κ3) is 2.65. The second kappa shape index (κ2) is 5.17. The Labute approximate surface area is 120 Å². The molecule has 3 nitrogen and oxygen atoms in total. The van der Waals surface area contributed by atoms with Crippen molar-refractivity contribution < 1.29 is 9.21 Å².